The summed E-state index contributed by atoms with van der Waals surface area (Å²) in [6.45, 7) is 5.81. The molecule has 1 aliphatic carbocycles. The van der Waals surface area contributed by atoms with Gasteiger partial charge in [-0.25, -0.2) is 0 Å². The first-order valence-electron chi connectivity index (χ1n) is 6.79. The molecule has 1 heterocycles. The van der Waals surface area contributed by atoms with Crippen LogP contribution in [0.5, 0.6) is 0 Å². The van der Waals surface area contributed by atoms with Gasteiger partial charge in [0.2, 0.25) is 0 Å². The van der Waals surface area contributed by atoms with Gasteiger partial charge in [-0.3, -0.25) is 15.0 Å². The summed E-state index contributed by atoms with van der Waals surface area (Å²) in [5.41, 5.74) is -0.695. The Morgan fingerprint density at radius 1 is 1.41 bits per heavy atom. The van der Waals surface area contributed by atoms with Gasteiger partial charge in [0, 0.05) is 25.2 Å². The van der Waals surface area contributed by atoms with Crippen molar-refractivity contribution < 1.29 is 9.90 Å². The van der Waals surface area contributed by atoms with Crippen LogP contribution in [0.2, 0.25) is 0 Å². The number of hydrogen-bond donors (Lipinski definition) is 2. The molecule has 0 spiro atoms. The fraction of sp³-hybridized carbons (Fsp3) is 0.923. The Hall–Kier alpha value is -0.610. The smallest absolute Gasteiger partial charge is 0.325 e. The Labute approximate surface area is 103 Å². The number of likely N-dealkylation sites (tertiary alicyclic amines) is 1. The van der Waals surface area contributed by atoms with E-state index < -0.39 is 11.5 Å². The van der Waals surface area contributed by atoms with Gasteiger partial charge in [0.25, 0.3) is 0 Å². The first-order chi connectivity index (χ1) is 8.03. The highest BCUT2D eigenvalue weighted by Crippen LogP contribution is 2.27. The summed E-state index contributed by atoms with van der Waals surface area (Å²) >= 11 is 0. The van der Waals surface area contributed by atoms with Crippen LogP contribution < -0.4 is 5.32 Å². The van der Waals surface area contributed by atoms with Gasteiger partial charge in [0.1, 0.15) is 5.54 Å². The number of carbonyl (C=O) groups is 1. The van der Waals surface area contributed by atoms with Crippen LogP contribution in [-0.2, 0) is 4.79 Å². The Morgan fingerprint density at radius 2 is 2.06 bits per heavy atom. The number of carboxylic acids is 1. The average molecular weight is 240 g/mol. The standard InChI is InChI=1S/C13H24N2O2/c1-10(2)15-8-7-13(9-15,12(16)17)14-11-5-3-4-6-11/h10-11,14H,3-9H2,1-2H3,(H,16,17). The van der Waals surface area contributed by atoms with Crippen molar-refractivity contribution in [3.05, 3.63) is 0 Å². The zero-order valence-electron chi connectivity index (χ0n) is 10.9. The average Bonchev–Trinajstić information content (AvgIpc) is 2.88. The minimum absolute atomic E-state index is 0.415. The summed E-state index contributed by atoms with van der Waals surface area (Å²) in [6, 6.07) is 0.847. The summed E-state index contributed by atoms with van der Waals surface area (Å²) in [7, 11) is 0. The van der Waals surface area contributed by atoms with Crippen LogP contribution >= 0.6 is 0 Å². The van der Waals surface area contributed by atoms with Crippen molar-refractivity contribution in [1.82, 2.24) is 10.2 Å². The third-order valence-electron chi connectivity index (χ3n) is 4.27. The van der Waals surface area contributed by atoms with E-state index in [1.165, 1.54) is 12.8 Å². The van der Waals surface area contributed by atoms with Crippen LogP contribution in [0.25, 0.3) is 0 Å². The Morgan fingerprint density at radius 3 is 2.53 bits per heavy atom. The van der Waals surface area contributed by atoms with E-state index in [2.05, 4.69) is 24.1 Å². The second kappa shape index (κ2) is 4.94. The largest absolute Gasteiger partial charge is 0.480 e. The van der Waals surface area contributed by atoms with Crippen LogP contribution in [-0.4, -0.2) is 46.7 Å². The van der Waals surface area contributed by atoms with Gasteiger partial charge in [-0.15, -0.1) is 0 Å². The van der Waals surface area contributed by atoms with Gasteiger partial charge < -0.3 is 5.11 Å². The van der Waals surface area contributed by atoms with Gasteiger partial charge in [-0.05, 0) is 33.1 Å². The van der Waals surface area contributed by atoms with E-state index in [1.807, 2.05) is 0 Å². The number of carboxylic acid groups (broad SMARTS) is 1. The van der Waals surface area contributed by atoms with Gasteiger partial charge in [0.15, 0.2) is 0 Å². The summed E-state index contributed by atoms with van der Waals surface area (Å²) < 4.78 is 0. The lowest BCUT2D eigenvalue weighted by atomic mass is 9.97. The summed E-state index contributed by atoms with van der Waals surface area (Å²) in [4.78, 5) is 13.9. The molecular formula is C13H24N2O2. The molecule has 17 heavy (non-hydrogen) atoms. The lowest BCUT2D eigenvalue weighted by molar-refractivity contribution is -0.144. The summed E-state index contributed by atoms with van der Waals surface area (Å²) in [6.07, 6.45) is 5.48. The van der Waals surface area contributed by atoms with Crippen LogP contribution in [0.3, 0.4) is 0 Å². The maximum absolute atomic E-state index is 11.6. The molecule has 4 nitrogen and oxygen atoms in total. The van der Waals surface area contributed by atoms with Gasteiger partial charge in [0.05, 0.1) is 0 Å². The monoisotopic (exact) mass is 240 g/mol. The fourth-order valence-corrected chi connectivity index (χ4v) is 3.10. The number of aliphatic carboxylic acids is 1. The van der Waals surface area contributed by atoms with Crippen LogP contribution in [0.15, 0.2) is 0 Å². The molecule has 1 aliphatic heterocycles. The van der Waals surface area contributed by atoms with Crippen molar-refractivity contribution in [2.45, 2.75) is 63.6 Å². The maximum Gasteiger partial charge on any atom is 0.325 e. The van der Waals surface area contributed by atoms with Crippen LogP contribution in [0.4, 0.5) is 0 Å². The van der Waals surface area contributed by atoms with E-state index >= 15 is 0 Å². The number of hydrogen-bond acceptors (Lipinski definition) is 3. The second-order valence-electron chi connectivity index (χ2n) is 5.83. The van der Waals surface area contributed by atoms with E-state index in [4.69, 9.17) is 0 Å². The minimum atomic E-state index is -0.695. The zero-order valence-corrected chi connectivity index (χ0v) is 10.9. The molecule has 1 saturated carbocycles. The SMILES string of the molecule is CC(C)N1CCC(NC2CCCC2)(C(=O)O)C1. The highest BCUT2D eigenvalue weighted by Gasteiger charge is 2.46. The first-order valence-corrected chi connectivity index (χ1v) is 6.79. The highest BCUT2D eigenvalue weighted by atomic mass is 16.4. The van der Waals surface area contributed by atoms with E-state index in [0.717, 1.165) is 25.8 Å². The summed E-state index contributed by atoms with van der Waals surface area (Å²) in [5.74, 6) is -0.674. The molecule has 0 aromatic rings. The van der Waals surface area contributed by atoms with Crippen molar-refractivity contribution in [1.29, 1.82) is 0 Å². The van der Waals surface area contributed by atoms with E-state index in [9.17, 15) is 9.90 Å². The Balaban J connectivity index is 2.03. The molecule has 1 saturated heterocycles. The number of nitrogens with one attached hydrogen (secondary N) is 1. The van der Waals surface area contributed by atoms with Crippen molar-refractivity contribution in [3.8, 4) is 0 Å². The number of nitrogens with zero attached hydrogens (tertiary/aromatic N) is 1. The quantitative estimate of drug-likeness (QED) is 0.781. The Bertz CT molecular complexity index is 287. The summed E-state index contributed by atoms with van der Waals surface area (Å²) in [5, 5.41) is 13.0. The molecule has 2 fully saturated rings. The predicted molar refractivity (Wildman–Crippen MR) is 67.1 cm³/mol. The third kappa shape index (κ3) is 2.63. The van der Waals surface area contributed by atoms with E-state index in [0.29, 0.717) is 18.6 Å². The van der Waals surface area contributed by atoms with Crippen molar-refractivity contribution in [2.75, 3.05) is 13.1 Å². The molecule has 0 bridgehead atoms. The molecule has 98 valence electrons. The molecule has 2 N–H and O–H groups in total. The zero-order chi connectivity index (χ0) is 12.5. The molecule has 1 unspecified atom stereocenters. The second-order valence-corrected chi connectivity index (χ2v) is 5.83. The maximum atomic E-state index is 11.6. The first kappa shape index (κ1) is 12.8. The van der Waals surface area contributed by atoms with Gasteiger partial charge >= 0.3 is 5.97 Å². The third-order valence-corrected chi connectivity index (χ3v) is 4.27. The van der Waals surface area contributed by atoms with Gasteiger partial charge in [-0.1, -0.05) is 12.8 Å². The number of rotatable bonds is 4. The predicted octanol–water partition coefficient (Wildman–Crippen LogP) is 1.46. The topological polar surface area (TPSA) is 52.6 Å². The normalized spacial score (nSPS) is 31.5. The molecule has 0 aromatic carbocycles. The Kier molecular flexibility index (Phi) is 3.73. The molecule has 2 aliphatic rings. The molecule has 4 heteroatoms. The minimum Gasteiger partial charge on any atom is -0.480 e. The van der Waals surface area contributed by atoms with Crippen LogP contribution in [0.1, 0.15) is 46.0 Å². The highest BCUT2D eigenvalue weighted by molar-refractivity contribution is 5.79. The van der Waals surface area contributed by atoms with Crippen molar-refractivity contribution in [3.63, 3.8) is 0 Å². The molecular weight excluding hydrogens is 216 g/mol. The van der Waals surface area contributed by atoms with Crippen molar-refractivity contribution >= 4 is 5.97 Å². The molecule has 0 radical (unpaired) electrons. The van der Waals surface area contributed by atoms with Crippen LogP contribution in [0, 0.1) is 0 Å². The molecule has 0 amide bonds. The molecule has 2 rings (SSSR count). The lowest BCUT2D eigenvalue weighted by Gasteiger charge is -2.30. The van der Waals surface area contributed by atoms with Crippen molar-refractivity contribution in [2.24, 2.45) is 0 Å². The van der Waals surface area contributed by atoms with Gasteiger partial charge in [-0.2, -0.15) is 0 Å². The lowest BCUT2D eigenvalue weighted by Crippen LogP contribution is -2.57. The molecule has 1 atom stereocenters. The molecule has 0 aromatic heterocycles. The van der Waals surface area contributed by atoms with E-state index in [1.54, 1.807) is 0 Å². The fourth-order valence-electron chi connectivity index (χ4n) is 3.10. The van der Waals surface area contributed by atoms with E-state index in [-0.39, 0.29) is 0 Å².